The molecule has 6 heteroatoms. The number of nitrogens with one attached hydrogen (secondary N) is 2. The van der Waals surface area contributed by atoms with E-state index in [4.69, 9.17) is 11.1 Å². The highest BCUT2D eigenvalue weighted by molar-refractivity contribution is 9.10. The van der Waals surface area contributed by atoms with Gasteiger partial charge in [-0.3, -0.25) is 15.6 Å². The number of benzene rings is 1. The second-order valence-corrected chi connectivity index (χ2v) is 4.16. The molecule has 0 bridgehead atoms. The maximum Gasteiger partial charge on any atom is 0.328 e. The van der Waals surface area contributed by atoms with Gasteiger partial charge in [-0.1, -0.05) is 12.1 Å². The Balaban J connectivity index is 3.00. The fourth-order valence-corrected chi connectivity index (χ4v) is 2.08. The van der Waals surface area contributed by atoms with E-state index in [-0.39, 0.29) is 5.96 Å². The van der Waals surface area contributed by atoms with Crippen molar-refractivity contribution >= 4 is 33.6 Å². The quantitative estimate of drug-likeness (QED) is 0.543. The molecule has 0 aliphatic carbocycles. The first-order valence-corrected chi connectivity index (χ1v) is 5.36. The molecule has 1 aromatic carbocycles. The number of amides is 2. The average molecular weight is 285 g/mol. The van der Waals surface area contributed by atoms with Crippen molar-refractivity contribution in [2.24, 2.45) is 5.73 Å². The summed E-state index contributed by atoms with van der Waals surface area (Å²) >= 11 is 3.38. The molecule has 0 fully saturated rings. The highest BCUT2D eigenvalue weighted by Gasteiger charge is 2.15. The second kappa shape index (κ2) is 4.98. The summed E-state index contributed by atoms with van der Waals surface area (Å²) in [7, 11) is 1.62. The van der Waals surface area contributed by atoms with Gasteiger partial charge in [-0.2, -0.15) is 0 Å². The number of guanidine groups is 1. The van der Waals surface area contributed by atoms with Crippen molar-refractivity contribution in [1.82, 2.24) is 5.32 Å². The molecule has 0 spiro atoms. The molecule has 4 N–H and O–H groups in total. The molecule has 0 aromatic heterocycles. The molecule has 1 rings (SSSR count). The molecule has 2 amide bonds. The lowest BCUT2D eigenvalue weighted by Crippen LogP contribution is -2.44. The van der Waals surface area contributed by atoms with Crippen LogP contribution in [0.1, 0.15) is 5.56 Å². The van der Waals surface area contributed by atoms with Crippen LogP contribution in [-0.2, 0) is 0 Å². The molecule has 0 saturated heterocycles. The lowest BCUT2D eigenvalue weighted by atomic mass is 10.2. The Morgan fingerprint density at radius 2 is 2.19 bits per heavy atom. The maximum atomic E-state index is 11.6. The minimum absolute atomic E-state index is 0.374. The van der Waals surface area contributed by atoms with E-state index in [9.17, 15) is 4.79 Å². The zero-order chi connectivity index (χ0) is 12.3. The van der Waals surface area contributed by atoms with Crippen LogP contribution in [0.25, 0.3) is 0 Å². The Bertz CT molecular complexity index is 413. The predicted octanol–water partition coefficient (Wildman–Crippen LogP) is 1.80. The number of urea groups is 1. The third-order valence-electron chi connectivity index (χ3n) is 2.07. The van der Waals surface area contributed by atoms with Gasteiger partial charge in [0.05, 0.1) is 5.69 Å². The molecule has 86 valence electrons. The molecule has 0 unspecified atom stereocenters. The molecule has 0 aliphatic rings. The van der Waals surface area contributed by atoms with Crippen LogP contribution >= 0.6 is 15.9 Å². The summed E-state index contributed by atoms with van der Waals surface area (Å²) in [6.45, 7) is 1.90. The summed E-state index contributed by atoms with van der Waals surface area (Å²) in [5.74, 6) is -0.374. The molecular weight excluding hydrogens is 272 g/mol. The van der Waals surface area contributed by atoms with Crippen LogP contribution in [0.3, 0.4) is 0 Å². The lowest BCUT2D eigenvalue weighted by Gasteiger charge is -2.20. The number of rotatable bonds is 1. The van der Waals surface area contributed by atoms with E-state index in [0.717, 1.165) is 15.7 Å². The largest absolute Gasteiger partial charge is 0.370 e. The zero-order valence-electron chi connectivity index (χ0n) is 9.04. The number of halogens is 1. The SMILES string of the molecule is Cc1cccc(Br)c1N(C)C(=O)NC(=N)N. The van der Waals surface area contributed by atoms with Crippen LogP contribution in [0.5, 0.6) is 0 Å². The summed E-state index contributed by atoms with van der Waals surface area (Å²) in [6, 6.07) is 5.19. The minimum atomic E-state index is -0.442. The van der Waals surface area contributed by atoms with Gasteiger partial charge in [-0.25, -0.2) is 4.79 Å². The summed E-state index contributed by atoms with van der Waals surface area (Å²) in [6.07, 6.45) is 0. The summed E-state index contributed by atoms with van der Waals surface area (Å²) in [5, 5.41) is 9.22. The first-order valence-electron chi connectivity index (χ1n) is 4.57. The Morgan fingerprint density at radius 1 is 1.56 bits per heavy atom. The van der Waals surface area contributed by atoms with E-state index in [0.29, 0.717) is 0 Å². The van der Waals surface area contributed by atoms with Crippen LogP contribution in [0.4, 0.5) is 10.5 Å². The Hall–Kier alpha value is -1.56. The first kappa shape index (κ1) is 12.5. The highest BCUT2D eigenvalue weighted by atomic mass is 79.9. The summed E-state index contributed by atoms with van der Waals surface area (Å²) in [5.41, 5.74) is 6.80. The monoisotopic (exact) mass is 284 g/mol. The number of para-hydroxylation sites is 1. The van der Waals surface area contributed by atoms with Crippen LogP contribution in [0, 0.1) is 12.3 Å². The standard InChI is InChI=1S/C10H13BrN4O/c1-6-4-3-5-7(11)8(6)15(2)10(16)14-9(12)13/h3-5H,1-2H3,(H4,12,13,14,16). The van der Waals surface area contributed by atoms with Gasteiger partial charge in [-0.05, 0) is 34.5 Å². The van der Waals surface area contributed by atoms with Gasteiger partial charge in [0.15, 0.2) is 5.96 Å². The molecule has 5 nitrogen and oxygen atoms in total. The Kier molecular flexibility index (Phi) is 3.89. The van der Waals surface area contributed by atoms with Crippen molar-refractivity contribution in [3.63, 3.8) is 0 Å². The fraction of sp³-hybridized carbons (Fsp3) is 0.200. The Labute approximate surface area is 102 Å². The molecule has 0 saturated carbocycles. The normalized spacial score (nSPS) is 9.69. The number of hydrogen-bond donors (Lipinski definition) is 3. The van der Waals surface area contributed by atoms with Crippen LogP contribution in [0.2, 0.25) is 0 Å². The van der Waals surface area contributed by atoms with Crippen LogP contribution in [-0.4, -0.2) is 19.0 Å². The number of carbonyl (C=O) groups is 1. The predicted molar refractivity (Wildman–Crippen MR) is 67.7 cm³/mol. The summed E-state index contributed by atoms with van der Waals surface area (Å²) < 4.78 is 0.814. The van der Waals surface area contributed by atoms with Crippen molar-refractivity contribution < 1.29 is 4.79 Å². The zero-order valence-corrected chi connectivity index (χ0v) is 10.6. The number of hydrogen-bond acceptors (Lipinski definition) is 2. The number of carbonyl (C=O) groups excluding carboxylic acids is 1. The van der Waals surface area contributed by atoms with E-state index >= 15 is 0 Å². The van der Waals surface area contributed by atoms with Crippen molar-refractivity contribution in [3.8, 4) is 0 Å². The minimum Gasteiger partial charge on any atom is -0.370 e. The molecular formula is C10H13BrN4O. The van der Waals surface area contributed by atoms with Crippen molar-refractivity contribution in [2.75, 3.05) is 11.9 Å². The van der Waals surface area contributed by atoms with E-state index in [1.54, 1.807) is 7.05 Å². The Morgan fingerprint density at radius 3 is 2.69 bits per heavy atom. The topological polar surface area (TPSA) is 82.2 Å². The van der Waals surface area contributed by atoms with Gasteiger partial charge in [0.25, 0.3) is 0 Å². The fourth-order valence-electron chi connectivity index (χ4n) is 1.35. The molecule has 0 heterocycles. The average Bonchev–Trinajstić information content (AvgIpc) is 2.16. The number of nitrogens with zero attached hydrogens (tertiary/aromatic N) is 1. The third kappa shape index (κ3) is 2.73. The van der Waals surface area contributed by atoms with Crippen LogP contribution < -0.4 is 16.0 Å². The van der Waals surface area contributed by atoms with Gasteiger partial charge in [0, 0.05) is 11.5 Å². The van der Waals surface area contributed by atoms with Gasteiger partial charge < -0.3 is 5.73 Å². The van der Waals surface area contributed by atoms with E-state index in [2.05, 4.69) is 21.2 Å². The van der Waals surface area contributed by atoms with Crippen molar-refractivity contribution in [1.29, 1.82) is 5.41 Å². The van der Waals surface area contributed by atoms with E-state index in [1.165, 1.54) is 4.90 Å². The number of nitrogens with two attached hydrogens (primary N) is 1. The highest BCUT2D eigenvalue weighted by Crippen LogP contribution is 2.28. The molecule has 1 aromatic rings. The van der Waals surface area contributed by atoms with Crippen molar-refractivity contribution in [2.45, 2.75) is 6.92 Å². The molecule has 0 aliphatic heterocycles. The second-order valence-electron chi connectivity index (χ2n) is 3.31. The van der Waals surface area contributed by atoms with Crippen molar-refractivity contribution in [3.05, 3.63) is 28.2 Å². The molecule has 16 heavy (non-hydrogen) atoms. The van der Waals surface area contributed by atoms with Gasteiger partial charge >= 0.3 is 6.03 Å². The van der Waals surface area contributed by atoms with Crippen LogP contribution in [0.15, 0.2) is 22.7 Å². The smallest absolute Gasteiger partial charge is 0.328 e. The number of aryl methyl sites for hydroxylation is 1. The summed E-state index contributed by atoms with van der Waals surface area (Å²) in [4.78, 5) is 13.0. The van der Waals surface area contributed by atoms with Gasteiger partial charge in [0.2, 0.25) is 0 Å². The molecule has 0 atom stereocenters. The van der Waals surface area contributed by atoms with Gasteiger partial charge in [-0.15, -0.1) is 0 Å². The third-order valence-corrected chi connectivity index (χ3v) is 2.71. The van der Waals surface area contributed by atoms with Gasteiger partial charge in [0.1, 0.15) is 0 Å². The van der Waals surface area contributed by atoms with E-state index < -0.39 is 6.03 Å². The lowest BCUT2D eigenvalue weighted by molar-refractivity contribution is 0.251. The number of anilines is 1. The first-order chi connectivity index (χ1) is 7.43. The molecule has 0 radical (unpaired) electrons. The van der Waals surface area contributed by atoms with E-state index in [1.807, 2.05) is 25.1 Å². The maximum absolute atomic E-state index is 11.6.